The highest BCUT2D eigenvalue weighted by Gasteiger charge is 1.97. The first-order valence-electron chi connectivity index (χ1n) is 6.24. The van der Waals surface area contributed by atoms with E-state index in [0.717, 1.165) is 18.7 Å². The van der Waals surface area contributed by atoms with Crippen LogP contribution in [0.3, 0.4) is 0 Å². The largest absolute Gasteiger partial charge is 0.462 e. The summed E-state index contributed by atoms with van der Waals surface area (Å²) in [7, 11) is 0. The highest BCUT2D eigenvalue weighted by molar-refractivity contribution is 5.91. The van der Waals surface area contributed by atoms with Gasteiger partial charge in [0.15, 0.2) is 0 Å². The predicted octanol–water partition coefficient (Wildman–Crippen LogP) is 2.00. The van der Waals surface area contributed by atoms with Crippen molar-refractivity contribution in [2.24, 2.45) is 0 Å². The van der Waals surface area contributed by atoms with Gasteiger partial charge in [-0.3, -0.25) is 9.48 Å². The lowest BCUT2D eigenvalue weighted by molar-refractivity contribution is -0.116. The SMILES string of the molecule is Cc1ccc(/C=C\C(=O)NCCCn2cccn2)o1. The van der Waals surface area contributed by atoms with Crippen molar-refractivity contribution < 1.29 is 9.21 Å². The predicted molar refractivity (Wildman–Crippen MR) is 72.3 cm³/mol. The Morgan fingerprint density at radius 3 is 3.11 bits per heavy atom. The molecule has 0 aliphatic carbocycles. The molecule has 0 saturated carbocycles. The van der Waals surface area contributed by atoms with Crippen molar-refractivity contribution in [3.05, 3.63) is 48.2 Å². The van der Waals surface area contributed by atoms with Gasteiger partial charge in [-0.15, -0.1) is 0 Å². The number of nitrogens with zero attached hydrogens (tertiary/aromatic N) is 2. The molecular formula is C14H17N3O2. The van der Waals surface area contributed by atoms with Crippen molar-refractivity contribution in [3.8, 4) is 0 Å². The Morgan fingerprint density at radius 1 is 1.53 bits per heavy atom. The van der Waals surface area contributed by atoms with Crippen molar-refractivity contribution >= 4 is 12.0 Å². The number of aromatic nitrogens is 2. The van der Waals surface area contributed by atoms with Crippen molar-refractivity contribution in [1.82, 2.24) is 15.1 Å². The molecule has 0 aromatic carbocycles. The number of carbonyl (C=O) groups excluding carboxylic acids is 1. The summed E-state index contributed by atoms with van der Waals surface area (Å²) in [6.45, 7) is 3.29. The second-order valence-corrected chi connectivity index (χ2v) is 4.20. The van der Waals surface area contributed by atoms with Crippen LogP contribution in [0.5, 0.6) is 0 Å². The van der Waals surface area contributed by atoms with Crippen molar-refractivity contribution in [3.63, 3.8) is 0 Å². The van der Waals surface area contributed by atoms with Gasteiger partial charge in [-0.2, -0.15) is 5.10 Å². The number of furan rings is 1. The molecular weight excluding hydrogens is 242 g/mol. The van der Waals surface area contributed by atoms with E-state index in [4.69, 9.17) is 4.42 Å². The molecule has 100 valence electrons. The summed E-state index contributed by atoms with van der Waals surface area (Å²) in [6, 6.07) is 5.57. The van der Waals surface area contributed by atoms with Gasteiger partial charge in [-0.05, 0) is 37.6 Å². The molecule has 0 aliphatic heterocycles. The molecule has 0 aliphatic rings. The molecule has 0 fully saturated rings. The molecule has 0 radical (unpaired) electrons. The molecule has 0 saturated heterocycles. The number of nitrogens with one attached hydrogen (secondary N) is 1. The number of aryl methyl sites for hydroxylation is 2. The zero-order valence-corrected chi connectivity index (χ0v) is 10.9. The maximum absolute atomic E-state index is 11.5. The fourth-order valence-electron chi connectivity index (χ4n) is 1.65. The van der Waals surface area contributed by atoms with Crippen LogP contribution in [-0.4, -0.2) is 22.2 Å². The second kappa shape index (κ2) is 6.58. The van der Waals surface area contributed by atoms with E-state index in [1.165, 1.54) is 6.08 Å². The standard InChI is InChI=1S/C14H17N3O2/c1-12-4-5-13(19-12)6-7-14(18)15-8-2-10-17-11-3-9-16-17/h3-7,9,11H,2,8,10H2,1H3,(H,15,18)/b7-6-. The Labute approximate surface area is 111 Å². The lowest BCUT2D eigenvalue weighted by Crippen LogP contribution is -2.23. The average Bonchev–Trinajstić information content (AvgIpc) is 3.03. The first kappa shape index (κ1) is 13.1. The minimum atomic E-state index is -0.116. The van der Waals surface area contributed by atoms with E-state index in [0.29, 0.717) is 12.3 Å². The molecule has 0 spiro atoms. The fraction of sp³-hybridized carbons (Fsp3) is 0.286. The molecule has 2 aromatic rings. The van der Waals surface area contributed by atoms with E-state index in [9.17, 15) is 4.79 Å². The van der Waals surface area contributed by atoms with Crippen LogP contribution >= 0.6 is 0 Å². The lowest BCUT2D eigenvalue weighted by Gasteiger charge is -2.02. The molecule has 0 bridgehead atoms. The minimum Gasteiger partial charge on any atom is -0.462 e. The second-order valence-electron chi connectivity index (χ2n) is 4.20. The van der Waals surface area contributed by atoms with Gasteiger partial charge < -0.3 is 9.73 Å². The molecule has 0 atom stereocenters. The van der Waals surface area contributed by atoms with Crippen LogP contribution in [0.15, 0.2) is 41.1 Å². The molecule has 1 N–H and O–H groups in total. The van der Waals surface area contributed by atoms with E-state index < -0.39 is 0 Å². The Kier molecular flexibility index (Phi) is 4.55. The number of carbonyl (C=O) groups is 1. The molecule has 2 rings (SSSR count). The van der Waals surface area contributed by atoms with Gasteiger partial charge in [0.2, 0.25) is 5.91 Å². The number of hydrogen-bond acceptors (Lipinski definition) is 3. The van der Waals surface area contributed by atoms with E-state index >= 15 is 0 Å². The van der Waals surface area contributed by atoms with Crippen LogP contribution in [0.1, 0.15) is 17.9 Å². The van der Waals surface area contributed by atoms with Crippen LogP contribution in [0, 0.1) is 6.92 Å². The Balaban J connectivity index is 1.66. The van der Waals surface area contributed by atoms with Gasteiger partial charge in [0, 0.05) is 31.6 Å². The highest BCUT2D eigenvalue weighted by Crippen LogP contribution is 2.07. The van der Waals surface area contributed by atoms with Gasteiger partial charge in [0.1, 0.15) is 11.5 Å². The molecule has 19 heavy (non-hydrogen) atoms. The maximum atomic E-state index is 11.5. The molecule has 5 heteroatoms. The molecule has 2 aromatic heterocycles. The first-order chi connectivity index (χ1) is 9.24. The number of rotatable bonds is 6. The minimum absolute atomic E-state index is 0.116. The van der Waals surface area contributed by atoms with Crippen molar-refractivity contribution in [2.45, 2.75) is 19.9 Å². The van der Waals surface area contributed by atoms with E-state index in [1.54, 1.807) is 12.3 Å². The van der Waals surface area contributed by atoms with E-state index in [-0.39, 0.29) is 5.91 Å². The van der Waals surface area contributed by atoms with Crippen LogP contribution in [-0.2, 0) is 11.3 Å². The zero-order valence-electron chi connectivity index (χ0n) is 10.9. The van der Waals surface area contributed by atoms with Crippen molar-refractivity contribution in [1.29, 1.82) is 0 Å². The van der Waals surface area contributed by atoms with Crippen LogP contribution in [0.25, 0.3) is 6.08 Å². The highest BCUT2D eigenvalue weighted by atomic mass is 16.3. The van der Waals surface area contributed by atoms with Crippen LogP contribution in [0.2, 0.25) is 0 Å². The van der Waals surface area contributed by atoms with Crippen LogP contribution in [0.4, 0.5) is 0 Å². The molecule has 5 nitrogen and oxygen atoms in total. The third kappa shape index (κ3) is 4.46. The number of amides is 1. The molecule has 2 heterocycles. The van der Waals surface area contributed by atoms with Gasteiger partial charge >= 0.3 is 0 Å². The summed E-state index contributed by atoms with van der Waals surface area (Å²) in [5.74, 6) is 1.40. The van der Waals surface area contributed by atoms with Gasteiger partial charge in [-0.25, -0.2) is 0 Å². The smallest absolute Gasteiger partial charge is 0.244 e. The summed E-state index contributed by atoms with van der Waals surface area (Å²) >= 11 is 0. The molecule has 0 unspecified atom stereocenters. The summed E-state index contributed by atoms with van der Waals surface area (Å²) in [5.41, 5.74) is 0. The third-order valence-electron chi connectivity index (χ3n) is 2.58. The summed E-state index contributed by atoms with van der Waals surface area (Å²) in [5, 5.41) is 6.90. The van der Waals surface area contributed by atoms with E-state index in [1.807, 2.05) is 36.0 Å². The normalized spacial score (nSPS) is 11.0. The first-order valence-corrected chi connectivity index (χ1v) is 6.24. The van der Waals surface area contributed by atoms with Gasteiger partial charge in [0.05, 0.1) is 0 Å². The quantitative estimate of drug-likeness (QED) is 0.637. The topological polar surface area (TPSA) is 60.1 Å². The van der Waals surface area contributed by atoms with Gasteiger partial charge in [-0.1, -0.05) is 0 Å². The monoisotopic (exact) mass is 259 g/mol. The number of hydrogen-bond donors (Lipinski definition) is 1. The fourth-order valence-corrected chi connectivity index (χ4v) is 1.65. The van der Waals surface area contributed by atoms with Crippen LogP contribution < -0.4 is 5.32 Å². The molecule has 1 amide bonds. The Bertz CT molecular complexity index is 541. The Hall–Kier alpha value is -2.30. The van der Waals surface area contributed by atoms with Gasteiger partial charge in [0.25, 0.3) is 0 Å². The van der Waals surface area contributed by atoms with E-state index in [2.05, 4.69) is 10.4 Å². The zero-order chi connectivity index (χ0) is 13.5. The summed E-state index contributed by atoms with van der Waals surface area (Å²) in [6.07, 6.45) is 7.64. The Morgan fingerprint density at radius 2 is 2.42 bits per heavy atom. The third-order valence-corrected chi connectivity index (χ3v) is 2.58. The van der Waals surface area contributed by atoms with Crippen molar-refractivity contribution in [2.75, 3.05) is 6.54 Å². The average molecular weight is 259 g/mol. The summed E-state index contributed by atoms with van der Waals surface area (Å²) in [4.78, 5) is 11.5. The lowest BCUT2D eigenvalue weighted by atomic mass is 10.3. The maximum Gasteiger partial charge on any atom is 0.244 e. The summed E-state index contributed by atoms with van der Waals surface area (Å²) < 4.78 is 7.17.